The molecule has 0 radical (unpaired) electrons. The molecule has 1 aliphatic heterocycles. The van der Waals surface area contributed by atoms with Gasteiger partial charge in [0.25, 0.3) is 5.69 Å². The largest absolute Gasteiger partial charge is 0.369 e. The monoisotopic (exact) mass is 348 g/mol. The number of benzene rings is 2. The average molecular weight is 348 g/mol. The quantitative estimate of drug-likeness (QED) is 0.535. The van der Waals surface area contributed by atoms with Crippen LogP contribution in [-0.2, 0) is 0 Å². The minimum atomic E-state index is -0.341. The Morgan fingerprint density at radius 2 is 1.69 bits per heavy atom. The van der Waals surface area contributed by atoms with E-state index in [0.29, 0.717) is 16.6 Å². The van der Waals surface area contributed by atoms with Gasteiger partial charge < -0.3 is 9.80 Å². The molecular formula is C20H20N4O2. The van der Waals surface area contributed by atoms with E-state index in [0.717, 1.165) is 31.7 Å². The van der Waals surface area contributed by atoms with Crippen molar-refractivity contribution in [3.8, 4) is 11.3 Å². The lowest BCUT2D eigenvalue weighted by atomic mass is 10.1. The zero-order chi connectivity index (χ0) is 18.1. The SMILES string of the molecule is CN1CCN(c2ccc(-c3cc([N+](=O)[O-])c4ccccc4n3)cc2)CC1. The van der Waals surface area contributed by atoms with Gasteiger partial charge in [0, 0.05) is 43.5 Å². The van der Waals surface area contributed by atoms with E-state index >= 15 is 0 Å². The fraction of sp³-hybridized carbons (Fsp3) is 0.250. The molecule has 0 unspecified atom stereocenters. The lowest BCUT2D eigenvalue weighted by Crippen LogP contribution is -2.44. The molecule has 0 saturated carbocycles. The van der Waals surface area contributed by atoms with Gasteiger partial charge in [-0.1, -0.05) is 24.3 Å². The molecule has 2 heterocycles. The Balaban J connectivity index is 1.68. The molecule has 0 spiro atoms. The second-order valence-corrected chi connectivity index (χ2v) is 6.64. The number of aromatic nitrogens is 1. The van der Waals surface area contributed by atoms with Gasteiger partial charge in [-0.05, 0) is 31.3 Å². The third kappa shape index (κ3) is 3.11. The first kappa shape index (κ1) is 16.5. The first-order chi connectivity index (χ1) is 12.6. The lowest BCUT2D eigenvalue weighted by molar-refractivity contribution is -0.383. The van der Waals surface area contributed by atoms with Gasteiger partial charge in [-0.3, -0.25) is 10.1 Å². The molecule has 132 valence electrons. The zero-order valence-electron chi connectivity index (χ0n) is 14.6. The Hall–Kier alpha value is -2.99. The van der Waals surface area contributed by atoms with Crippen molar-refractivity contribution in [1.29, 1.82) is 0 Å². The van der Waals surface area contributed by atoms with Crippen molar-refractivity contribution in [2.75, 3.05) is 38.1 Å². The first-order valence-electron chi connectivity index (χ1n) is 8.70. The minimum absolute atomic E-state index is 0.0914. The Labute approximate surface area is 151 Å². The average Bonchev–Trinajstić information content (AvgIpc) is 2.68. The van der Waals surface area contributed by atoms with E-state index < -0.39 is 0 Å². The van der Waals surface area contributed by atoms with E-state index in [1.54, 1.807) is 18.2 Å². The predicted octanol–water partition coefficient (Wildman–Crippen LogP) is 3.56. The maximum atomic E-state index is 11.5. The topological polar surface area (TPSA) is 62.5 Å². The molecule has 26 heavy (non-hydrogen) atoms. The Kier molecular flexibility index (Phi) is 4.26. The Morgan fingerprint density at radius 3 is 2.38 bits per heavy atom. The number of hydrogen-bond donors (Lipinski definition) is 0. The van der Waals surface area contributed by atoms with Crippen LogP contribution in [0.25, 0.3) is 22.2 Å². The van der Waals surface area contributed by atoms with Gasteiger partial charge in [0.05, 0.1) is 21.5 Å². The van der Waals surface area contributed by atoms with Crippen molar-refractivity contribution >= 4 is 22.3 Å². The van der Waals surface area contributed by atoms with Crippen molar-refractivity contribution in [1.82, 2.24) is 9.88 Å². The van der Waals surface area contributed by atoms with E-state index in [1.807, 2.05) is 24.3 Å². The molecule has 1 saturated heterocycles. The summed E-state index contributed by atoms with van der Waals surface area (Å²) in [5.41, 5.74) is 3.42. The third-order valence-corrected chi connectivity index (χ3v) is 4.92. The second-order valence-electron chi connectivity index (χ2n) is 6.64. The number of para-hydroxylation sites is 1. The molecule has 1 aromatic heterocycles. The number of rotatable bonds is 3. The number of nitrogens with zero attached hydrogens (tertiary/aromatic N) is 4. The highest BCUT2D eigenvalue weighted by Crippen LogP contribution is 2.30. The predicted molar refractivity (Wildman–Crippen MR) is 104 cm³/mol. The maximum absolute atomic E-state index is 11.5. The van der Waals surface area contributed by atoms with Gasteiger partial charge in [0.15, 0.2) is 0 Å². The number of likely N-dealkylation sites (N-methyl/N-ethyl adjacent to an activating group) is 1. The van der Waals surface area contributed by atoms with Crippen LogP contribution >= 0.6 is 0 Å². The standard InChI is InChI=1S/C20H20N4O2/c1-22-10-12-23(13-11-22)16-8-6-15(7-9-16)19-14-20(24(25)26)17-4-2-3-5-18(17)21-19/h2-9,14H,10-13H2,1H3. The van der Waals surface area contributed by atoms with Crippen molar-refractivity contribution in [3.63, 3.8) is 0 Å². The molecule has 0 amide bonds. The Bertz CT molecular complexity index is 948. The van der Waals surface area contributed by atoms with Crippen molar-refractivity contribution in [2.45, 2.75) is 0 Å². The molecule has 0 atom stereocenters. The van der Waals surface area contributed by atoms with Gasteiger partial charge in [0.1, 0.15) is 0 Å². The van der Waals surface area contributed by atoms with Crippen LogP contribution in [0.4, 0.5) is 11.4 Å². The van der Waals surface area contributed by atoms with Crippen LogP contribution in [0.3, 0.4) is 0 Å². The summed E-state index contributed by atoms with van der Waals surface area (Å²) in [6.45, 7) is 4.13. The van der Waals surface area contributed by atoms with Gasteiger partial charge in [-0.25, -0.2) is 4.98 Å². The van der Waals surface area contributed by atoms with E-state index in [1.165, 1.54) is 5.69 Å². The normalized spacial score (nSPS) is 15.3. The van der Waals surface area contributed by atoms with Crippen LogP contribution in [0, 0.1) is 10.1 Å². The van der Waals surface area contributed by atoms with Crippen LogP contribution in [0.1, 0.15) is 0 Å². The molecule has 1 aliphatic rings. The zero-order valence-corrected chi connectivity index (χ0v) is 14.6. The number of piperazine rings is 1. The van der Waals surface area contributed by atoms with Gasteiger partial charge in [0.2, 0.25) is 0 Å². The summed E-state index contributed by atoms with van der Waals surface area (Å²) in [4.78, 5) is 20.4. The molecule has 0 aliphatic carbocycles. The summed E-state index contributed by atoms with van der Waals surface area (Å²) in [5, 5.41) is 12.0. The Morgan fingerprint density at radius 1 is 1.00 bits per heavy atom. The summed E-state index contributed by atoms with van der Waals surface area (Å²) in [6.07, 6.45) is 0. The lowest BCUT2D eigenvalue weighted by Gasteiger charge is -2.34. The molecule has 1 fully saturated rings. The summed E-state index contributed by atoms with van der Waals surface area (Å²) >= 11 is 0. The van der Waals surface area contributed by atoms with Crippen LogP contribution in [0.5, 0.6) is 0 Å². The first-order valence-corrected chi connectivity index (χ1v) is 8.70. The number of pyridine rings is 1. The molecule has 0 bridgehead atoms. The highest BCUT2D eigenvalue weighted by Gasteiger charge is 2.17. The van der Waals surface area contributed by atoms with Crippen LogP contribution < -0.4 is 4.90 Å². The second kappa shape index (κ2) is 6.72. The number of fused-ring (bicyclic) bond motifs is 1. The van der Waals surface area contributed by atoms with Crippen LogP contribution in [0.15, 0.2) is 54.6 Å². The number of anilines is 1. The van der Waals surface area contributed by atoms with Gasteiger partial charge in [-0.2, -0.15) is 0 Å². The van der Waals surface area contributed by atoms with Crippen molar-refractivity contribution < 1.29 is 4.92 Å². The van der Waals surface area contributed by atoms with E-state index in [2.05, 4.69) is 34.0 Å². The molecule has 6 nitrogen and oxygen atoms in total. The number of nitro groups is 1. The molecule has 0 N–H and O–H groups in total. The van der Waals surface area contributed by atoms with Crippen molar-refractivity contribution in [2.24, 2.45) is 0 Å². The van der Waals surface area contributed by atoms with Gasteiger partial charge >= 0.3 is 0 Å². The summed E-state index contributed by atoms with van der Waals surface area (Å²) < 4.78 is 0. The number of hydrogen-bond acceptors (Lipinski definition) is 5. The maximum Gasteiger partial charge on any atom is 0.280 e. The summed E-state index contributed by atoms with van der Waals surface area (Å²) in [5.74, 6) is 0. The van der Waals surface area contributed by atoms with Crippen LogP contribution in [-0.4, -0.2) is 48.0 Å². The van der Waals surface area contributed by atoms with E-state index in [-0.39, 0.29) is 10.6 Å². The highest BCUT2D eigenvalue weighted by atomic mass is 16.6. The fourth-order valence-electron chi connectivity index (χ4n) is 3.36. The van der Waals surface area contributed by atoms with Gasteiger partial charge in [-0.15, -0.1) is 0 Å². The molecule has 3 aromatic rings. The third-order valence-electron chi connectivity index (χ3n) is 4.92. The summed E-state index contributed by atoms with van der Waals surface area (Å²) in [6, 6.07) is 16.9. The minimum Gasteiger partial charge on any atom is -0.369 e. The smallest absolute Gasteiger partial charge is 0.280 e. The summed E-state index contributed by atoms with van der Waals surface area (Å²) in [7, 11) is 2.14. The van der Waals surface area contributed by atoms with Crippen LogP contribution in [0.2, 0.25) is 0 Å². The highest BCUT2D eigenvalue weighted by molar-refractivity contribution is 5.90. The molecular weight excluding hydrogens is 328 g/mol. The fourth-order valence-corrected chi connectivity index (χ4v) is 3.36. The van der Waals surface area contributed by atoms with Crippen molar-refractivity contribution in [3.05, 3.63) is 64.7 Å². The molecule has 2 aromatic carbocycles. The van der Waals surface area contributed by atoms with E-state index in [4.69, 9.17) is 0 Å². The molecule has 6 heteroatoms. The molecule has 4 rings (SSSR count). The van der Waals surface area contributed by atoms with E-state index in [9.17, 15) is 10.1 Å².